The van der Waals surface area contributed by atoms with Crippen LogP contribution in [-0.2, 0) is 15.5 Å². The molecule has 2 N–H and O–H groups in total. The van der Waals surface area contributed by atoms with Crippen molar-refractivity contribution in [2.75, 3.05) is 6.61 Å². The highest BCUT2D eigenvalue weighted by Crippen LogP contribution is 2.01. The van der Waals surface area contributed by atoms with Crippen molar-refractivity contribution >= 4 is 11.4 Å². The molecule has 0 aliphatic carbocycles. The zero-order valence-electron chi connectivity index (χ0n) is 15.7. The molecular formula is C23H24O4S. The van der Waals surface area contributed by atoms with E-state index in [-0.39, 0.29) is 6.61 Å². The third-order valence-electron chi connectivity index (χ3n) is 2.95. The first-order valence-electron chi connectivity index (χ1n) is 8.82. The number of terminal acetylenes is 1. The van der Waals surface area contributed by atoms with Crippen LogP contribution in [0.2, 0.25) is 0 Å². The summed E-state index contributed by atoms with van der Waals surface area (Å²) in [6.45, 7) is -0.339. The van der Waals surface area contributed by atoms with Crippen molar-refractivity contribution in [3.05, 3.63) is 24.3 Å². The van der Waals surface area contributed by atoms with Gasteiger partial charge in [0.2, 0.25) is 0 Å². The van der Waals surface area contributed by atoms with Crippen molar-refractivity contribution in [3.63, 3.8) is 0 Å². The molecule has 28 heavy (non-hydrogen) atoms. The summed E-state index contributed by atoms with van der Waals surface area (Å²) in [5, 5.41) is 9.29. The molecule has 5 heteroatoms. The predicted molar refractivity (Wildman–Crippen MR) is 113 cm³/mol. The highest BCUT2D eigenvalue weighted by Gasteiger charge is 2.00. The highest BCUT2D eigenvalue weighted by atomic mass is 32.2. The summed E-state index contributed by atoms with van der Waals surface area (Å²) < 4.78 is 22.9. The van der Waals surface area contributed by atoms with Crippen LogP contribution in [0.5, 0.6) is 0 Å². The first-order valence-corrected chi connectivity index (χ1v) is 9.85. The maximum atomic E-state index is 10.2. The molecule has 0 spiro atoms. The van der Waals surface area contributed by atoms with Crippen LogP contribution in [0.25, 0.3) is 0 Å². The van der Waals surface area contributed by atoms with E-state index in [1.54, 1.807) is 6.08 Å². The minimum atomic E-state index is -2.40. The molecule has 0 fully saturated rings. The Kier molecular flexibility index (Phi) is 18.6. The van der Waals surface area contributed by atoms with Crippen LogP contribution >= 0.6 is 0 Å². The lowest BCUT2D eigenvalue weighted by Gasteiger charge is -1.98. The van der Waals surface area contributed by atoms with Gasteiger partial charge in [0.05, 0.1) is 0 Å². The van der Waals surface area contributed by atoms with Gasteiger partial charge in [-0.25, -0.2) is 0 Å². The summed E-state index contributed by atoms with van der Waals surface area (Å²) >= 11 is -2.40. The van der Waals surface area contributed by atoms with E-state index in [9.17, 15) is 9.32 Å². The third-order valence-corrected chi connectivity index (χ3v) is 3.29. The standard InChI is InChI=1S/C23H24O4S/c1-2-3-4-5-6-7-8-9-10-11-12-13-14-15-16-17-18-19-20-21-23(24)22-27-28(25)26/h1,3-4,9-10,23-24H,5-8,15-17,22H2,(H,25,26)/b4-3-,10-9-/t23-/m1/s1. The Hall–Kier alpha value is -2.69. The van der Waals surface area contributed by atoms with E-state index < -0.39 is 17.5 Å². The van der Waals surface area contributed by atoms with Crippen molar-refractivity contribution in [2.45, 2.75) is 51.0 Å². The second kappa shape index (κ2) is 20.6. The van der Waals surface area contributed by atoms with Gasteiger partial charge < -0.3 is 5.11 Å². The van der Waals surface area contributed by atoms with Gasteiger partial charge in [0.25, 0.3) is 0 Å². The van der Waals surface area contributed by atoms with Crippen LogP contribution in [0.1, 0.15) is 44.9 Å². The fourth-order valence-corrected chi connectivity index (χ4v) is 1.90. The van der Waals surface area contributed by atoms with Crippen molar-refractivity contribution in [2.24, 2.45) is 0 Å². The van der Waals surface area contributed by atoms with Gasteiger partial charge >= 0.3 is 11.4 Å². The molecule has 0 aliphatic heterocycles. The molecule has 146 valence electrons. The molecule has 0 aromatic carbocycles. The van der Waals surface area contributed by atoms with Crippen LogP contribution < -0.4 is 0 Å². The Labute approximate surface area is 171 Å². The van der Waals surface area contributed by atoms with E-state index in [0.29, 0.717) is 12.8 Å². The number of hydrogen-bond acceptors (Lipinski definition) is 3. The van der Waals surface area contributed by atoms with Crippen LogP contribution in [0, 0.1) is 59.7 Å². The van der Waals surface area contributed by atoms with Gasteiger partial charge in [-0.05, 0) is 67.9 Å². The van der Waals surface area contributed by atoms with Crippen molar-refractivity contribution in [1.29, 1.82) is 0 Å². The third kappa shape index (κ3) is 21.4. The van der Waals surface area contributed by atoms with E-state index in [4.69, 9.17) is 11.0 Å². The fraction of sp³-hybridized carbons (Fsp3) is 0.391. The van der Waals surface area contributed by atoms with Gasteiger partial charge in [-0.15, -0.1) is 6.42 Å². The molecular weight excluding hydrogens is 372 g/mol. The summed E-state index contributed by atoms with van der Waals surface area (Å²) in [7, 11) is 0. The van der Waals surface area contributed by atoms with Crippen molar-refractivity contribution < 1.29 is 18.1 Å². The minimum Gasteiger partial charge on any atom is -0.378 e. The van der Waals surface area contributed by atoms with Crippen molar-refractivity contribution in [1.82, 2.24) is 0 Å². The summed E-state index contributed by atoms with van der Waals surface area (Å²) in [6.07, 6.45) is 18.0. The first kappa shape index (κ1) is 25.3. The molecule has 0 saturated heterocycles. The zero-order chi connectivity index (χ0) is 20.7. The molecule has 0 aromatic heterocycles. The largest absolute Gasteiger partial charge is 0.378 e. The predicted octanol–water partition coefficient (Wildman–Crippen LogP) is 2.99. The maximum absolute atomic E-state index is 10.2. The Morgan fingerprint density at radius 3 is 2.25 bits per heavy atom. The molecule has 0 bridgehead atoms. The lowest BCUT2D eigenvalue weighted by Crippen LogP contribution is -2.13. The molecule has 0 saturated carbocycles. The van der Waals surface area contributed by atoms with E-state index in [1.165, 1.54) is 0 Å². The molecule has 0 aromatic rings. The molecule has 0 radical (unpaired) electrons. The van der Waals surface area contributed by atoms with Gasteiger partial charge in [-0.2, -0.15) is 4.21 Å². The van der Waals surface area contributed by atoms with Gasteiger partial charge in [-0.3, -0.25) is 8.74 Å². The van der Waals surface area contributed by atoms with E-state index in [0.717, 1.165) is 32.1 Å². The zero-order valence-corrected chi connectivity index (χ0v) is 16.6. The maximum Gasteiger partial charge on any atom is 0.302 e. The Balaban J connectivity index is 3.76. The number of hydrogen-bond donors (Lipinski definition) is 2. The van der Waals surface area contributed by atoms with E-state index in [1.807, 2.05) is 18.2 Å². The average molecular weight is 397 g/mol. The Bertz CT molecular complexity index is 802. The monoisotopic (exact) mass is 396 g/mol. The van der Waals surface area contributed by atoms with Gasteiger partial charge in [0.1, 0.15) is 12.7 Å². The fourth-order valence-electron chi connectivity index (χ4n) is 1.66. The molecule has 0 rings (SSSR count). The normalized spacial score (nSPS) is 11.6. The van der Waals surface area contributed by atoms with Gasteiger partial charge in [0, 0.05) is 12.8 Å². The summed E-state index contributed by atoms with van der Waals surface area (Å²) in [5.41, 5.74) is 0. The highest BCUT2D eigenvalue weighted by molar-refractivity contribution is 7.74. The molecule has 0 aliphatic rings. The molecule has 0 heterocycles. The van der Waals surface area contributed by atoms with Crippen LogP contribution in [0.3, 0.4) is 0 Å². The smallest absolute Gasteiger partial charge is 0.302 e. The van der Waals surface area contributed by atoms with Crippen LogP contribution in [-0.4, -0.2) is 26.6 Å². The second-order valence-corrected chi connectivity index (χ2v) is 5.94. The number of allylic oxidation sites excluding steroid dienone is 4. The molecule has 2 atom stereocenters. The molecule has 4 nitrogen and oxygen atoms in total. The lowest BCUT2D eigenvalue weighted by atomic mass is 10.2. The van der Waals surface area contributed by atoms with Crippen molar-refractivity contribution in [3.8, 4) is 59.7 Å². The Morgan fingerprint density at radius 1 is 0.964 bits per heavy atom. The Morgan fingerprint density at radius 2 is 1.61 bits per heavy atom. The second-order valence-electron chi connectivity index (χ2n) is 5.27. The average Bonchev–Trinajstić information content (AvgIpc) is 2.68. The summed E-state index contributed by atoms with van der Waals surface area (Å²) in [4.78, 5) is 0. The van der Waals surface area contributed by atoms with Gasteiger partial charge in [0.15, 0.2) is 0 Å². The molecule has 1 unspecified atom stereocenters. The quantitative estimate of drug-likeness (QED) is 0.338. The number of aliphatic hydroxyl groups is 1. The number of rotatable bonds is 10. The summed E-state index contributed by atoms with van der Waals surface area (Å²) in [6, 6.07) is 0. The minimum absolute atomic E-state index is 0.339. The number of aliphatic hydroxyl groups excluding tert-OH is 1. The van der Waals surface area contributed by atoms with E-state index >= 15 is 0 Å². The van der Waals surface area contributed by atoms with Crippen LogP contribution in [0.15, 0.2) is 24.3 Å². The lowest BCUT2D eigenvalue weighted by molar-refractivity contribution is 0.153. The van der Waals surface area contributed by atoms with Gasteiger partial charge in [-0.1, -0.05) is 41.8 Å². The SMILES string of the molecule is C#C/C=C\CCCC/C=C\C#CC#CCCCC#CC#C[C@@H](O)COS(=O)O. The summed E-state index contributed by atoms with van der Waals surface area (Å²) in [5.74, 6) is 24.2. The topological polar surface area (TPSA) is 66.8 Å². The number of unbranched alkanes of at least 4 members (excludes halogenated alkanes) is 5. The van der Waals surface area contributed by atoms with E-state index in [2.05, 4.69) is 57.5 Å². The molecule has 0 amide bonds. The van der Waals surface area contributed by atoms with Crippen LogP contribution in [0.4, 0.5) is 0 Å². The first-order chi connectivity index (χ1) is 13.7.